The first-order valence-electron chi connectivity index (χ1n) is 9.43. The summed E-state index contributed by atoms with van der Waals surface area (Å²) in [5, 5.41) is 9.96. The zero-order valence-electron chi connectivity index (χ0n) is 16.8. The molecule has 0 aromatic heterocycles. The van der Waals surface area contributed by atoms with Crippen molar-refractivity contribution in [2.75, 3.05) is 14.2 Å². The van der Waals surface area contributed by atoms with E-state index in [0.29, 0.717) is 0 Å². The van der Waals surface area contributed by atoms with Gasteiger partial charge in [-0.1, -0.05) is 42.0 Å². The number of hydrogen-bond donors (Lipinski definition) is 1. The van der Waals surface area contributed by atoms with Crippen LogP contribution in [0, 0.1) is 11.8 Å². The standard InChI is InChI=1S/C22H34O4/c1-15-9-7-10-16(2)19-17(13-12-15)18(11-8-14-22(3,4)23)20(24-5)26-21(19)25-6/h8-9,11,14,17,19-21,23H,2,7,10,12-13H2,1,3-6H3/b14-8+,15-9+,18-11-/t17-,19+,20+,21+/m1/s1. The minimum Gasteiger partial charge on any atom is -0.386 e. The summed E-state index contributed by atoms with van der Waals surface area (Å²) < 4.78 is 17.4. The summed E-state index contributed by atoms with van der Waals surface area (Å²) in [5.41, 5.74) is 2.81. The lowest BCUT2D eigenvalue weighted by Crippen LogP contribution is -2.45. The van der Waals surface area contributed by atoms with Gasteiger partial charge in [-0.3, -0.25) is 0 Å². The quantitative estimate of drug-likeness (QED) is 0.747. The molecule has 4 atom stereocenters. The molecule has 0 unspecified atom stereocenters. The second kappa shape index (κ2) is 9.14. The number of rotatable bonds is 4. The maximum atomic E-state index is 9.96. The predicted octanol–water partition coefficient (Wildman–Crippen LogP) is 4.52. The lowest BCUT2D eigenvalue weighted by atomic mass is 9.75. The molecular formula is C22H34O4. The fraction of sp³-hybridized carbons (Fsp3) is 0.636. The Kier molecular flexibility index (Phi) is 7.42. The minimum atomic E-state index is -0.856. The van der Waals surface area contributed by atoms with Crippen molar-refractivity contribution in [1.82, 2.24) is 0 Å². The lowest BCUT2D eigenvalue weighted by molar-refractivity contribution is -0.256. The van der Waals surface area contributed by atoms with Gasteiger partial charge in [-0.25, -0.2) is 0 Å². The molecule has 0 bridgehead atoms. The monoisotopic (exact) mass is 362 g/mol. The summed E-state index contributed by atoms with van der Waals surface area (Å²) in [6.07, 6.45) is 11.2. The summed E-state index contributed by atoms with van der Waals surface area (Å²) in [6.45, 7) is 10.1. The lowest BCUT2D eigenvalue weighted by Gasteiger charge is -2.43. The first-order valence-corrected chi connectivity index (χ1v) is 9.43. The van der Waals surface area contributed by atoms with E-state index in [1.54, 1.807) is 34.1 Å². The van der Waals surface area contributed by atoms with Crippen molar-refractivity contribution in [3.05, 3.63) is 47.6 Å². The molecule has 1 N–H and O–H groups in total. The topological polar surface area (TPSA) is 47.9 Å². The number of ether oxygens (including phenoxy) is 3. The van der Waals surface area contributed by atoms with E-state index in [2.05, 4.69) is 19.6 Å². The van der Waals surface area contributed by atoms with Gasteiger partial charge in [0, 0.05) is 20.1 Å². The van der Waals surface area contributed by atoms with E-state index in [4.69, 9.17) is 14.2 Å². The highest BCUT2D eigenvalue weighted by atomic mass is 16.8. The molecule has 26 heavy (non-hydrogen) atoms. The SMILES string of the molecule is C=C1CC/C=C(\C)CC[C@@H]2/C(=C/C=C/C(C)(C)O)[C@@H](OC)O[C@H](OC)[C@@H]12. The number of hydrogen-bond acceptors (Lipinski definition) is 4. The van der Waals surface area contributed by atoms with E-state index in [9.17, 15) is 5.11 Å². The highest BCUT2D eigenvalue weighted by Gasteiger charge is 2.43. The zero-order valence-corrected chi connectivity index (χ0v) is 16.8. The van der Waals surface area contributed by atoms with Crippen molar-refractivity contribution < 1.29 is 19.3 Å². The Morgan fingerprint density at radius 3 is 2.62 bits per heavy atom. The van der Waals surface area contributed by atoms with Gasteiger partial charge in [-0.05, 0) is 57.9 Å². The molecule has 0 saturated carbocycles. The molecule has 1 aliphatic carbocycles. The van der Waals surface area contributed by atoms with Gasteiger partial charge < -0.3 is 19.3 Å². The average molecular weight is 363 g/mol. The first kappa shape index (κ1) is 21.1. The molecule has 0 amide bonds. The van der Waals surface area contributed by atoms with Crippen molar-refractivity contribution in [2.45, 2.75) is 64.6 Å². The molecule has 0 aromatic rings. The van der Waals surface area contributed by atoms with Crippen LogP contribution in [0.25, 0.3) is 0 Å². The number of aliphatic hydroxyl groups is 1. The van der Waals surface area contributed by atoms with Gasteiger partial charge >= 0.3 is 0 Å². The molecule has 2 aliphatic rings. The Morgan fingerprint density at radius 1 is 1.27 bits per heavy atom. The fourth-order valence-electron chi connectivity index (χ4n) is 3.83. The maximum absolute atomic E-state index is 9.96. The Bertz CT molecular complexity index is 579. The van der Waals surface area contributed by atoms with Crippen LogP contribution in [-0.2, 0) is 14.2 Å². The summed E-state index contributed by atoms with van der Waals surface area (Å²) in [5.74, 6) is 0.339. The number of allylic oxidation sites excluding steroid dienone is 4. The van der Waals surface area contributed by atoms with Crippen LogP contribution >= 0.6 is 0 Å². The Labute approximate surface area is 158 Å². The van der Waals surface area contributed by atoms with Gasteiger partial charge in [0.2, 0.25) is 0 Å². The zero-order chi connectivity index (χ0) is 19.3. The molecule has 0 radical (unpaired) electrons. The second-order valence-electron chi connectivity index (χ2n) is 7.91. The molecule has 1 heterocycles. The smallest absolute Gasteiger partial charge is 0.183 e. The molecule has 146 valence electrons. The third-order valence-electron chi connectivity index (χ3n) is 5.20. The van der Waals surface area contributed by atoms with E-state index < -0.39 is 11.9 Å². The molecule has 1 fully saturated rings. The summed E-state index contributed by atoms with van der Waals surface area (Å²) >= 11 is 0. The van der Waals surface area contributed by atoms with Crippen LogP contribution in [0.5, 0.6) is 0 Å². The van der Waals surface area contributed by atoms with Crippen LogP contribution < -0.4 is 0 Å². The van der Waals surface area contributed by atoms with Crippen molar-refractivity contribution in [3.63, 3.8) is 0 Å². The van der Waals surface area contributed by atoms with Crippen molar-refractivity contribution in [2.24, 2.45) is 11.8 Å². The van der Waals surface area contributed by atoms with Crippen molar-refractivity contribution >= 4 is 0 Å². The van der Waals surface area contributed by atoms with Crippen LogP contribution in [-0.4, -0.2) is 37.5 Å². The molecule has 1 aliphatic heterocycles. The molecule has 0 spiro atoms. The molecular weight excluding hydrogens is 328 g/mol. The largest absolute Gasteiger partial charge is 0.386 e. The van der Waals surface area contributed by atoms with E-state index in [-0.39, 0.29) is 18.1 Å². The molecule has 0 aromatic carbocycles. The van der Waals surface area contributed by atoms with Gasteiger partial charge in [0.15, 0.2) is 12.6 Å². The van der Waals surface area contributed by atoms with E-state index in [0.717, 1.165) is 31.3 Å². The Balaban J connectivity index is 2.42. The van der Waals surface area contributed by atoms with Crippen LogP contribution in [0.3, 0.4) is 0 Å². The van der Waals surface area contributed by atoms with Crippen LogP contribution in [0.15, 0.2) is 47.6 Å². The van der Waals surface area contributed by atoms with Gasteiger partial charge in [0.25, 0.3) is 0 Å². The first-order chi connectivity index (χ1) is 12.3. The predicted molar refractivity (Wildman–Crippen MR) is 105 cm³/mol. The van der Waals surface area contributed by atoms with Crippen molar-refractivity contribution in [1.29, 1.82) is 0 Å². The highest BCUT2D eigenvalue weighted by Crippen LogP contribution is 2.44. The average Bonchev–Trinajstić information content (AvgIpc) is 2.64. The third-order valence-corrected chi connectivity index (χ3v) is 5.20. The Hall–Kier alpha value is -1.20. The second-order valence-corrected chi connectivity index (χ2v) is 7.91. The highest BCUT2D eigenvalue weighted by molar-refractivity contribution is 5.26. The normalized spacial score (nSPS) is 34.8. The van der Waals surface area contributed by atoms with Gasteiger partial charge in [0.05, 0.1) is 5.60 Å². The van der Waals surface area contributed by atoms with Gasteiger partial charge in [-0.15, -0.1) is 0 Å². The summed E-state index contributed by atoms with van der Waals surface area (Å²) in [4.78, 5) is 0. The minimum absolute atomic E-state index is 0.104. The summed E-state index contributed by atoms with van der Waals surface area (Å²) in [7, 11) is 3.33. The molecule has 4 nitrogen and oxygen atoms in total. The fourth-order valence-corrected chi connectivity index (χ4v) is 3.83. The molecule has 1 saturated heterocycles. The summed E-state index contributed by atoms with van der Waals surface area (Å²) in [6, 6.07) is 0. The van der Waals surface area contributed by atoms with Gasteiger partial charge in [0.1, 0.15) is 0 Å². The molecule has 2 rings (SSSR count). The maximum Gasteiger partial charge on any atom is 0.183 e. The van der Waals surface area contributed by atoms with Gasteiger partial charge in [-0.2, -0.15) is 0 Å². The number of fused-ring (bicyclic) bond motifs is 1. The van der Waals surface area contributed by atoms with Crippen LogP contribution in [0.4, 0.5) is 0 Å². The van der Waals surface area contributed by atoms with E-state index in [1.165, 1.54) is 11.1 Å². The van der Waals surface area contributed by atoms with E-state index >= 15 is 0 Å². The molecule has 4 heteroatoms. The van der Waals surface area contributed by atoms with Crippen LogP contribution in [0.1, 0.15) is 46.5 Å². The van der Waals surface area contributed by atoms with Crippen LogP contribution in [0.2, 0.25) is 0 Å². The van der Waals surface area contributed by atoms with E-state index in [1.807, 2.05) is 12.2 Å². The Morgan fingerprint density at radius 2 is 2.00 bits per heavy atom. The van der Waals surface area contributed by atoms with Crippen molar-refractivity contribution in [3.8, 4) is 0 Å². The number of methoxy groups -OCH3 is 2. The third kappa shape index (κ3) is 5.40.